The molecular formula is C23H14ClN3O2. The Bertz CT molecular complexity index is 1360. The Kier molecular flexibility index (Phi) is 4.22. The lowest BCUT2D eigenvalue weighted by molar-refractivity contribution is 0.102. The molecule has 0 saturated heterocycles. The van der Waals surface area contributed by atoms with Crippen molar-refractivity contribution in [3.8, 4) is 11.5 Å². The summed E-state index contributed by atoms with van der Waals surface area (Å²) in [6, 6.07) is 20.1. The number of hydrogen-bond acceptors (Lipinski definition) is 4. The molecule has 0 aliphatic carbocycles. The predicted octanol–water partition coefficient (Wildman–Crippen LogP) is 5.95. The molecule has 3 aromatic carbocycles. The number of oxazole rings is 1. The van der Waals surface area contributed by atoms with E-state index in [-0.39, 0.29) is 5.91 Å². The van der Waals surface area contributed by atoms with Crippen LogP contribution >= 0.6 is 11.6 Å². The number of rotatable bonds is 3. The van der Waals surface area contributed by atoms with Crippen LogP contribution in [0.1, 0.15) is 10.4 Å². The van der Waals surface area contributed by atoms with Crippen molar-refractivity contribution in [3.05, 3.63) is 89.7 Å². The molecule has 0 aliphatic rings. The van der Waals surface area contributed by atoms with E-state index in [9.17, 15) is 4.79 Å². The van der Waals surface area contributed by atoms with E-state index in [0.717, 1.165) is 16.3 Å². The quantitative estimate of drug-likeness (QED) is 0.407. The van der Waals surface area contributed by atoms with Gasteiger partial charge in [-0.05, 0) is 47.9 Å². The van der Waals surface area contributed by atoms with Gasteiger partial charge < -0.3 is 9.73 Å². The molecule has 0 saturated carbocycles. The lowest BCUT2D eigenvalue weighted by Gasteiger charge is -2.09. The molecule has 0 atom stereocenters. The first-order valence-electron chi connectivity index (χ1n) is 8.99. The van der Waals surface area contributed by atoms with Crippen LogP contribution in [0.2, 0.25) is 5.02 Å². The van der Waals surface area contributed by atoms with E-state index in [0.29, 0.717) is 33.3 Å². The summed E-state index contributed by atoms with van der Waals surface area (Å²) in [5.74, 6) is 0.296. The minimum absolute atomic E-state index is 0.213. The minimum Gasteiger partial charge on any atom is -0.436 e. The number of carbonyl (C=O) groups is 1. The van der Waals surface area contributed by atoms with Crippen molar-refractivity contribution in [2.45, 2.75) is 0 Å². The second-order valence-corrected chi connectivity index (χ2v) is 6.94. The molecule has 1 amide bonds. The van der Waals surface area contributed by atoms with Crippen molar-refractivity contribution < 1.29 is 9.21 Å². The van der Waals surface area contributed by atoms with Crippen LogP contribution in [0.5, 0.6) is 0 Å². The average Bonchev–Trinajstić information content (AvgIpc) is 3.18. The van der Waals surface area contributed by atoms with Gasteiger partial charge in [0.25, 0.3) is 5.91 Å². The van der Waals surface area contributed by atoms with E-state index in [2.05, 4.69) is 15.3 Å². The van der Waals surface area contributed by atoms with Gasteiger partial charge in [-0.1, -0.05) is 35.9 Å². The number of amides is 1. The number of benzene rings is 3. The third-order valence-corrected chi connectivity index (χ3v) is 5.02. The van der Waals surface area contributed by atoms with Crippen molar-refractivity contribution in [1.29, 1.82) is 0 Å². The fourth-order valence-electron chi connectivity index (χ4n) is 3.29. The summed E-state index contributed by atoms with van der Waals surface area (Å²) >= 11 is 6.26. The Morgan fingerprint density at radius 2 is 1.72 bits per heavy atom. The summed E-state index contributed by atoms with van der Waals surface area (Å²) in [6.45, 7) is 0. The molecule has 0 unspecified atom stereocenters. The highest BCUT2D eigenvalue weighted by molar-refractivity contribution is 6.36. The van der Waals surface area contributed by atoms with E-state index in [4.69, 9.17) is 16.0 Å². The number of nitrogens with one attached hydrogen (secondary N) is 1. The van der Waals surface area contributed by atoms with Crippen LogP contribution in [0.4, 0.5) is 5.69 Å². The van der Waals surface area contributed by atoms with Gasteiger partial charge in [0, 0.05) is 39.6 Å². The smallest absolute Gasteiger partial charge is 0.256 e. The molecule has 2 aromatic heterocycles. The number of anilines is 1. The molecule has 0 spiro atoms. The molecule has 5 aromatic rings. The van der Waals surface area contributed by atoms with Crippen molar-refractivity contribution in [2.24, 2.45) is 0 Å². The summed E-state index contributed by atoms with van der Waals surface area (Å²) < 4.78 is 5.80. The van der Waals surface area contributed by atoms with Gasteiger partial charge in [-0.3, -0.25) is 9.78 Å². The fourth-order valence-corrected chi connectivity index (χ4v) is 3.53. The molecule has 6 heteroatoms. The van der Waals surface area contributed by atoms with Crippen LogP contribution in [-0.4, -0.2) is 15.9 Å². The zero-order chi connectivity index (χ0) is 19.8. The van der Waals surface area contributed by atoms with E-state index in [1.54, 1.807) is 36.7 Å². The molecule has 2 heterocycles. The molecule has 29 heavy (non-hydrogen) atoms. The largest absolute Gasteiger partial charge is 0.436 e. The zero-order valence-electron chi connectivity index (χ0n) is 15.1. The molecule has 5 rings (SSSR count). The summed E-state index contributed by atoms with van der Waals surface area (Å²) in [6.07, 6.45) is 3.37. The highest BCUT2D eigenvalue weighted by atomic mass is 35.5. The van der Waals surface area contributed by atoms with Crippen molar-refractivity contribution in [1.82, 2.24) is 9.97 Å². The molecular weight excluding hydrogens is 386 g/mol. The lowest BCUT2D eigenvalue weighted by Crippen LogP contribution is -2.12. The molecule has 0 fully saturated rings. The Labute approximate surface area is 171 Å². The first-order valence-corrected chi connectivity index (χ1v) is 9.36. The first-order chi connectivity index (χ1) is 14.2. The van der Waals surface area contributed by atoms with E-state index in [1.807, 2.05) is 42.5 Å². The molecule has 0 aliphatic heterocycles. The van der Waals surface area contributed by atoms with Gasteiger partial charge in [-0.25, -0.2) is 4.98 Å². The molecule has 5 nitrogen and oxygen atoms in total. The van der Waals surface area contributed by atoms with E-state index in [1.165, 1.54) is 0 Å². The maximum atomic E-state index is 12.9. The van der Waals surface area contributed by atoms with Gasteiger partial charge in [-0.2, -0.15) is 0 Å². The number of carbonyl (C=O) groups excluding carboxylic acids is 1. The minimum atomic E-state index is -0.213. The van der Waals surface area contributed by atoms with Gasteiger partial charge in [0.1, 0.15) is 5.52 Å². The monoisotopic (exact) mass is 399 g/mol. The van der Waals surface area contributed by atoms with Gasteiger partial charge >= 0.3 is 0 Å². The lowest BCUT2D eigenvalue weighted by atomic mass is 10.0. The standard InChI is InChI=1S/C23H14ClN3O2/c24-19-6-2-3-16-17(19)4-1-5-18(16)22(28)26-15-7-8-21-20(13-15)27-23(29-21)14-9-11-25-12-10-14/h1-13H,(H,26,28). The number of hydrogen-bond donors (Lipinski definition) is 1. The molecule has 1 N–H and O–H groups in total. The SMILES string of the molecule is O=C(Nc1ccc2oc(-c3ccncc3)nc2c1)c1cccc2c(Cl)cccc12. The second kappa shape index (κ2) is 7.04. The average molecular weight is 400 g/mol. The van der Waals surface area contributed by atoms with Crippen molar-refractivity contribution in [3.63, 3.8) is 0 Å². The normalized spacial score (nSPS) is 11.1. The fraction of sp³-hybridized carbons (Fsp3) is 0. The van der Waals surface area contributed by atoms with Crippen LogP contribution in [0.15, 0.2) is 83.5 Å². The molecule has 0 radical (unpaired) electrons. The number of aromatic nitrogens is 2. The molecule has 140 valence electrons. The highest BCUT2D eigenvalue weighted by Gasteiger charge is 2.13. The first kappa shape index (κ1) is 17.4. The Morgan fingerprint density at radius 3 is 2.59 bits per heavy atom. The third kappa shape index (κ3) is 3.22. The van der Waals surface area contributed by atoms with Crippen LogP contribution < -0.4 is 5.32 Å². The Balaban J connectivity index is 1.48. The van der Waals surface area contributed by atoms with E-state index >= 15 is 0 Å². The molecule has 0 bridgehead atoms. The van der Waals surface area contributed by atoms with E-state index < -0.39 is 0 Å². The predicted molar refractivity (Wildman–Crippen MR) is 114 cm³/mol. The van der Waals surface area contributed by atoms with Crippen LogP contribution in [0.25, 0.3) is 33.3 Å². The van der Waals surface area contributed by atoms with Crippen LogP contribution in [0.3, 0.4) is 0 Å². The Hall–Kier alpha value is -3.70. The van der Waals surface area contributed by atoms with Crippen LogP contribution in [0, 0.1) is 0 Å². The van der Waals surface area contributed by atoms with Gasteiger partial charge in [0.2, 0.25) is 5.89 Å². The third-order valence-electron chi connectivity index (χ3n) is 4.69. The highest BCUT2D eigenvalue weighted by Crippen LogP contribution is 2.28. The summed E-state index contributed by atoms with van der Waals surface area (Å²) in [5.41, 5.74) is 3.34. The maximum Gasteiger partial charge on any atom is 0.256 e. The van der Waals surface area contributed by atoms with Crippen molar-refractivity contribution in [2.75, 3.05) is 5.32 Å². The van der Waals surface area contributed by atoms with Gasteiger partial charge in [-0.15, -0.1) is 0 Å². The zero-order valence-corrected chi connectivity index (χ0v) is 15.9. The number of pyridine rings is 1. The summed E-state index contributed by atoms with van der Waals surface area (Å²) in [7, 11) is 0. The van der Waals surface area contributed by atoms with Gasteiger partial charge in [0.15, 0.2) is 5.58 Å². The second-order valence-electron chi connectivity index (χ2n) is 6.53. The maximum absolute atomic E-state index is 12.9. The van der Waals surface area contributed by atoms with Crippen molar-refractivity contribution >= 4 is 45.1 Å². The number of halogens is 1. The topological polar surface area (TPSA) is 68.0 Å². The number of nitrogens with zero attached hydrogens (tertiary/aromatic N) is 2. The Morgan fingerprint density at radius 1 is 0.931 bits per heavy atom. The van der Waals surface area contributed by atoms with Crippen LogP contribution in [-0.2, 0) is 0 Å². The summed E-state index contributed by atoms with van der Waals surface area (Å²) in [5, 5.41) is 5.20. The summed E-state index contributed by atoms with van der Waals surface area (Å²) in [4.78, 5) is 21.4. The number of fused-ring (bicyclic) bond motifs is 2. The van der Waals surface area contributed by atoms with Gasteiger partial charge in [0.05, 0.1) is 0 Å².